The van der Waals surface area contributed by atoms with E-state index in [0.717, 1.165) is 37.7 Å². The molecule has 5 nitrogen and oxygen atoms in total. The van der Waals surface area contributed by atoms with Gasteiger partial charge in [0.05, 0.1) is 6.54 Å². The van der Waals surface area contributed by atoms with Crippen LogP contribution in [0.4, 0.5) is 0 Å². The van der Waals surface area contributed by atoms with Gasteiger partial charge in [-0.15, -0.1) is 24.0 Å². The molecule has 1 aromatic heterocycles. The third kappa shape index (κ3) is 8.60. The summed E-state index contributed by atoms with van der Waals surface area (Å²) in [4.78, 5) is 11.8. The Kier molecular flexibility index (Phi) is 11.8. The topological polar surface area (TPSA) is 52.6 Å². The molecular weight excluding hydrogens is 485 g/mol. The minimum atomic E-state index is 0. The van der Waals surface area contributed by atoms with Crippen molar-refractivity contribution in [3.05, 3.63) is 65.5 Å². The van der Waals surface area contributed by atoms with Crippen LogP contribution in [0, 0.1) is 0 Å². The zero-order valence-electron chi connectivity index (χ0n) is 18.1. The van der Waals surface area contributed by atoms with Crippen molar-refractivity contribution < 1.29 is 0 Å². The predicted octanol–water partition coefficient (Wildman–Crippen LogP) is 4.37. The number of hydrogen-bond acceptors (Lipinski definition) is 3. The summed E-state index contributed by atoms with van der Waals surface area (Å²) in [7, 11) is 0. The first kappa shape index (κ1) is 24.6. The number of aromatic nitrogens is 1. The fourth-order valence-corrected chi connectivity index (χ4v) is 3.76. The molecule has 2 heterocycles. The maximum atomic E-state index is 4.84. The van der Waals surface area contributed by atoms with Crippen molar-refractivity contribution in [2.24, 2.45) is 4.99 Å². The molecule has 0 amide bonds. The van der Waals surface area contributed by atoms with Crippen molar-refractivity contribution in [2.45, 2.75) is 52.1 Å². The summed E-state index contributed by atoms with van der Waals surface area (Å²) in [6.07, 6.45) is 8.13. The summed E-state index contributed by atoms with van der Waals surface area (Å²) in [6.45, 7) is 7.94. The molecule has 1 saturated heterocycles. The molecule has 0 aliphatic carbocycles. The highest BCUT2D eigenvalue weighted by atomic mass is 127. The molecule has 0 saturated carbocycles. The van der Waals surface area contributed by atoms with E-state index in [-0.39, 0.29) is 24.0 Å². The summed E-state index contributed by atoms with van der Waals surface area (Å²) in [5, 5.41) is 6.79. The van der Waals surface area contributed by atoms with Gasteiger partial charge in [0.2, 0.25) is 0 Å². The van der Waals surface area contributed by atoms with E-state index in [0.29, 0.717) is 6.54 Å². The SMILES string of the molecule is CCNC(=NCc1ccccc1CN1CCCCCC1)NCCc1ccccn1.I. The largest absolute Gasteiger partial charge is 0.357 e. The number of likely N-dealkylation sites (tertiary alicyclic amines) is 1. The van der Waals surface area contributed by atoms with Gasteiger partial charge in [0.1, 0.15) is 0 Å². The van der Waals surface area contributed by atoms with Crippen LogP contribution in [0.1, 0.15) is 49.4 Å². The Balaban J connectivity index is 0.00000320. The molecule has 164 valence electrons. The minimum absolute atomic E-state index is 0. The van der Waals surface area contributed by atoms with Crippen molar-refractivity contribution in [3.8, 4) is 0 Å². The molecule has 30 heavy (non-hydrogen) atoms. The first-order chi connectivity index (χ1) is 14.3. The number of nitrogens with zero attached hydrogens (tertiary/aromatic N) is 3. The summed E-state index contributed by atoms with van der Waals surface area (Å²) in [6, 6.07) is 14.8. The van der Waals surface area contributed by atoms with E-state index in [1.165, 1.54) is 49.9 Å². The van der Waals surface area contributed by atoms with Gasteiger partial charge in [0.25, 0.3) is 0 Å². The smallest absolute Gasteiger partial charge is 0.191 e. The third-order valence-electron chi connectivity index (χ3n) is 5.36. The Morgan fingerprint density at radius 1 is 0.967 bits per heavy atom. The second-order valence-electron chi connectivity index (χ2n) is 7.65. The number of hydrogen-bond donors (Lipinski definition) is 2. The van der Waals surface area contributed by atoms with Crippen LogP contribution in [-0.2, 0) is 19.5 Å². The van der Waals surface area contributed by atoms with Crippen LogP contribution in [0.3, 0.4) is 0 Å². The second-order valence-corrected chi connectivity index (χ2v) is 7.65. The standard InChI is InChI=1S/C24H35N5.HI/c1-2-25-24(27-16-14-23-13-7-8-15-26-23)28-19-21-11-5-6-12-22(21)20-29-17-9-3-4-10-18-29;/h5-8,11-13,15H,2-4,9-10,14,16-20H2,1H3,(H2,25,27,28);1H. The molecular formula is C24H36IN5. The molecule has 3 rings (SSSR count). The van der Waals surface area contributed by atoms with E-state index in [1.54, 1.807) is 0 Å². The molecule has 0 atom stereocenters. The molecule has 0 spiro atoms. The summed E-state index contributed by atoms with van der Waals surface area (Å²) >= 11 is 0. The molecule has 1 aliphatic rings. The number of nitrogens with one attached hydrogen (secondary N) is 2. The van der Waals surface area contributed by atoms with E-state index >= 15 is 0 Å². The lowest BCUT2D eigenvalue weighted by Gasteiger charge is -2.21. The highest BCUT2D eigenvalue weighted by Gasteiger charge is 2.11. The van der Waals surface area contributed by atoms with E-state index in [1.807, 2.05) is 18.3 Å². The number of guanidine groups is 1. The van der Waals surface area contributed by atoms with Gasteiger partial charge in [0.15, 0.2) is 5.96 Å². The number of aliphatic imine (C=N–C) groups is 1. The Labute approximate surface area is 198 Å². The molecule has 2 N–H and O–H groups in total. The predicted molar refractivity (Wildman–Crippen MR) is 136 cm³/mol. The molecule has 0 radical (unpaired) electrons. The Bertz CT molecular complexity index is 742. The lowest BCUT2D eigenvalue weighted by atomic mass is 10.1. The van der Waals surface area contributed by atoms with E-state index in [2.05, 4.69) is 57.8 Å². The molecule has 1 aliphatic heterocycles. The van der Waals surface area contributed by atoms with Gasteiger partial charge in [-0.2, -0.15) is 0 Å². The van der Waals surface area contributed by atoms with Gasteiger partial charge in [0, 0.05) is 37.9 Å². The van der Waals surface area contributed by atoms with Gasteiger partial charge in [-0.25, -0.2) is 4.99 Å². The molecule has 2 aromatic rings. The van der Waals surface area contributed by atoms with E-state index in [4.69, 9.17) is 4.99 Å². The molecule has 1 fully saturated rings. The maximum absolute atomic E-state index is 4.84. The lowest BCUT2D eigenvalue weighted by molar-refractivity contribution is 0.276. The van der Waals surface area contributed by atoms with Crippen molar-refractivity contribution in [3.63, 3.8) is 0 Å². The average Bonchev–Trinajstić information content (AvgIpc) is 3.02. The van der Waals surface area contributed by atoms with E-state index in [9.17, 15) is 0 Å². The number of rotatable bonds is 8. The van der Waals surface area contributed by atoms with Crippen LogP contribution in [0.25, 0.3) is 0 Å². The lowest BCUT2D eigenvalue weighted by Crippen LogP contribution is -2.38. The highest BCUT2D eigenvalue weighted by Crippen LogP contribution is 2.16. The zero-order valence-corrected chi connectivity index (χ0v) is 20.5. The maximum Gasteiger partial charge on any atom is 0.191 e. The third-order valence-corrected chi connectivity index (χ3v) is 5.36. The second kappa shape index (κ2) is 14.4. The van der Waals surface area contributed by atoms with Crippen LogP contribution >= 0.6 is 24.0 Å². The summed E-state index contributed by atoms with van der Waals surface area (Å²) in [5.74, 6) is 0.869. The fraction of sp³-hybridized carbons (Fsp3) is 0.500. The van der Waals surface area contributed by atoms with Crippen molar-refractivity contribution >= 4 is 29.9 Å². The van der Waals surface area contributed by atoms with Crippen molar-refractivity contribution in [1.29, 1.82) is 0 Å². The number of pyridine rings is 1. The quantitative estimate of drug-likeness (QED) is 0.308. The summed E-state index contributed by atoms with van der Waals surface area (Å²) in [5.41, 5.74) is 3.82. The van der Waals surface area contributed by atoms with Gasteiger partial charge in [-0.1, -0.05) is 43.2 Å². The van der Waals surface area contributed by atoms with Gasteiger partial charge in [-0.3, -0.25) is 9.88 Å². The first-order valence-corrected chi connectivity index (χ1v) is 11.1. The average molecular weight is 521 g/mol. The monoisotopic (exact) mass is 521 g/mol. The Morgan fingerprint density at radius 2 is 1.70 bits per heavy atom. The van der Waals surface area contributed by atoms with Gasteiger partial charge in [-0.05, 0) is 56.1 Å². The van der Waals surface area contributed by atoms with Gasteiger partial charge < -0.3 is 10.6 Å². The zero-order chi connectivity index (χ0) is 20.2. The normalized spacial score (nSPS) is 15.2. The molecule has 0 bridgehead atoms. The van der Waals surface area contributed by atoms with Crippen LogP contribution in [0.5, 0.6) is 0 Å². The van der Waals surface area contributed by atoms with Crippen LogP contribution in [0.2, 0.25) is 0 Å². The molecule has 0 unspecified atom stereocenters. The number of benzene rings is 1. The van der Waals surface area contributed by atoms with Crippen molar-refractivity contribution in [2.75, 3.05) is 26.2 Å². The van der Waals surface area contributed by atoms with Crippen LogP contribution < -0.4 is 10.6 Å². The first-order valence-electron chi connectivity index (χ1n) is 11.1. The number of halogens is 1. The minimum Gasteiger partial charge on any atom is -0.357 e. The van der Waals surface area contributed by atoms with E-state index < -0.39 is 0 Å². The Hall–Kier alpha value is -1.67. The van der Waals surface area contributed by atoms with Crippen LogP contribution in [-0.4, -0.2) is 42.0 Å². The molecule has 6 heteroatoms. The molecule has 1 aromatic carbocycles. The highest BCUT2D eigenvalue weighted by molar-refractivity contribution is 14.0. The van der Waals surface area contributed by atoms with Gasteiger partial charge >= 0.3 is 0 Å². The summed E-state index contributed by atoms with van der Waals surface area (Å²) < 4.78 is 0. The van der Waals surface area contributed by atoms with Crippen LogP contribution in [0.15, 0.2) is 53.7 Å². The fourth-order valence-electron chi connectivity index (χ4n) is 3.76. The Morgan fingerprint density at radius 3 is 2.40 bits per heavy atom. The van der Waals surface area contributed by atoms with Crippen molar-refractivity contribution in [1.82, 2.24) is 20.5 Å².